The summed E-state index contributed by atoms with van der Waals surface area (Å²) < 4.78 is 0. The topological polar surface area (TPSA) is 98.0 Å². The molecule has 2 fully saturated rings. The van der Waals surface area contributed by atoms with Crippen molar-refractivity contribution in [3.63, 3.8) is 0 Å². The molecule has 0 bridgehead atoms. The van der Waals surface area contributed by atoms with Gasteiger partial charge >= 0.3 is 5.97 Å². The number of fused-ring (bicyclic) bond motifs is 5. The molecule has 4 rings (SSSR count). The number of carboxylic acid groups (broad SMARTS) is 1. The van der Waals surface area contributed by atoms with Gasteiger partial charge in [-0.3, -0.25) is 0 Å². The van der Waals surface area contributed by atoms with Crippen molar-refractivity contribution in [1.29, 1.82) is 0 Å². The first-order chi connectivity index (χ1) is 16.1. The maximum absolute atomic E-state index is 11.6. The molecule has 0 aromatic rings. The molecule has 0 spiro atoms. The van der Waals surface area contributed by atoms with Gasteiger partial charge < -0.3 is 20.4 Å². The summed E-state index contributed by atoms with van der Waals surface area (Å²) >= 11 is 0. The van der Waals surface area contributed by atoms with Crippen LogP contribution in [0, 0.1) is 39.4 Å². The number of rotatable bonds is 5. The molecule has 5 heteroatoms. The van der Waals surface area contributed by atoms with E-state index in [4.69, 9.17) is 5.11 Å². The summed E-state index contributed by atoms with van der Waals surface area (Å²) in [6.45, 7) is 14.9. The van der Waals surface area contributed by atoms with E-state index in [9.17, 15) is 20.1 Å². The zero-order valence-electron chi connectivity index (χ0n) is 22.6. The first-order valence-corrected chi connectivity index (χ1v) is 13.5. The summed E-state index contributed by atoms with van der Waals surface area (Å²) in [5.74, 6) is -0.549. The Labute approximate surface area is 211 Å². The molecule has 0 unspecified atom stereocenters. The maximum atomic E-state index is 11.6. The van der Waals surface area contributed by atoms with Gasteiger partial charge in [-0.15, -0.1) is 0 Å². The van der Waals surface area contributed by atoms with Gasteiger partial charge in [0.15, 0.2) is 0 Å². The highest BCUT2D eigenvalue weighted by Gasteiger charge is 2.66. The van der Waals surface area contributed by atoms with Gasteiger partial charge in [0.05, 0.1) is 18.3 Å². The number of carboxylic acids is 1. The van der Waals surface area contributed by atoms with E-state index in [1.807, 2.05) is 0 Å². The lowest BCUT2D eigenvalue weighted by Crippen LogP contribution is -2.55. The van der Waals surface area contributed by atoms with E-state index in [1.165, 1.54) is 11.1 Å². The lowest BCUT2D eigenvalue weighted by molar-refractivity contribution is -0.132. The van der Waals surface area contributed by atoms with Crippen molar-refractivity contribution >= 4 is 5.97 Å². The highest BCUT2D eigenvalue weighted by Crippen LogP contribution is 2.71. The molecule has 0 aliphatic heterocycles. The van der Waals surface area contributed by atoms with Gasteiger partial charge in [-0.2, -0.15) is 0 Å². The molecule has 0 radical (unpaired) electrons. The lowest BCUT2D eigenvalue weighted by atomic mass is 9.44. The van der Waals surface area contributed by atoms with Crippen LogP contribution in [0.5, 0.6) is 0 Å². The van der Waals surface area contributed by atoms with Gasteiger partial charge in [0.2, 0.25) is 0 Å². The van der Waals surface area contributed by atoms with Gasteiger partial charge in [-0.05, 0) is 90.6 Å². The van der Waals surface area contributed by atoms with Gasteiger partial charge in [-0.1, -0.05) is 59.8 Å². The fourth-order valence-corrected chi connectivity index (χ4v) is 8.74. The Morgan fingerprint density at radius 2 is 1.77 bits per heavy atom. The third-order valence-corrected chi connectivity index (χ3v) is 11.6. The molecule has 5 nitrogen and oxygen atoms in total. The Morgan fingerprint density at radius 3 is 2.40 bits per heavy atom. The lowest BCUT2D eigenvalue weighted by Gasteiger charge is -2.61. The quantitative estimate of drug-likeness (QED) is 0.397. The molecule has 0 heterocycles. The van der Waals surface area contributed by atoms with E-state index in [0.717, 1.165) is 25.7 Å². The van der Waals surface area contributed by atoms with E-state index < -0.39 is 23.6 Å². The van der Waals surface area contributed by atoms with Crippen molar-refractivity contribution in [3.05, 3.63) is 34.9 Å². The molecule has 196 valence electrons. The molecule has 0 amide bonds. The average Bonchev–Trinajstić information content (AvgIpc) is 3.00. The number of aliphatic carboxylic acids is 1. The van der Waals surface area contributed by atoms with Crippen LogP contribution in [-0.2, 0) is 4.79 Å². The summed E-state index contributed by atoms with van der Waals surface area (Å²) in [6, 6.07) is 0. The monoisotopic (exact) mass is 486 g/mol. The van der Waals surface area contributed by atoms with Crippen molar-refractivity contribution in [2.45, 2.75) is 105 Å². The predicted molar refractivity (Wildman–Crippen MR) is 138 cm³/mol. The molecule has 4 aliphatic rings. The average molecular weight is 487 g/mol. The number of aliphatic hydroxyl groups excluding tert-OH is 3. The van der Waals surface area contributed by atoms with Crippen molar-refractivity contribution < 1.29 is 25.2 Å². The molecule has 0 aromatic carbocycles. The minimum Gasteiger partial charge on any atom is -0.478 e. The second-order valence-electron chi connectivity index (χ2n) is 13.4. The van der Waals surface area contributed by atoms with Crippen molar-refractivity contribution in [1.82, 2.24) is 0 Å². The van der Waals surface area contributed by atoms with Crippen molar-refractivity contribution in [3.8, 4) is 0 Å². The second kappa shape index (κ2) is 8.56. The SMILES string of the molecule is C/C(=C\C[C@@H](O)[C@@H](C)[C@H]1C[C@H](O)[C@@]2(C)C3=CC[C@H]4C(C)(C)[C@H](O)CC[C@]4(C)C3=CC[C@]12C)C(=O)O. The van der Waals surface area contributed by atoms with Gasteiger partial charge in [0.25, 0.3) is 0 Å². The Kier molecular flexibility index (Phi) is 6.51. The van der Waals surface area contributed by atoms with E-state index >= 15 is 0 Å². The maximum Gasteiger partial charge on any atom is 0.330 e. The fourth-order valence-electron chi connectivity index (χ4n) is 8.74. The molecule has 0 saturated heterocycles. The van der Waals surface area contributed by atoms with Gasteiger partial charge in [-0.25, -0.2) is 4.79 Å². The van der Waals surface area contributed by atoms with Crippen LogP contribution in [0.1, 0.15) is 87.0 Å². The molecule has 4 aliphatic carbocycles. The first kappa shape index (κ1) is 26.6. The summed E-state index contributed by atoms with van der Waals surface area (Å²) in [6.07, 6.45) is 9.41. The Bertz CT molecular complexity index is 975. The summed E-state index contributed by atoms with van der Waals surface area (Å²) in [7, 11) is 0. The van der Waals surface area contributed by atoms with Crippen LogP contribution < -0.4 is 0 Å². The van der Waals surface area contributed by atoms with Crippen LogP contribution in [0.4, 0.5) is 0 Å². The summed E-state index contributed by atoms with van der Waals surface area (Å²) in [5.41, 5.74) is 2.13. The predicted octanol–water partition coefficient (Wildman–Crippen LogP) is 5.26. The van der Waals surface area contributed by atoms with E-state index in [2.05, 4.69) is 53.7 Å². The molecular weight excluding hydrogens is 440 g/mol. The Morgan fingerprint density at radius 1 is 1.11 bits per heavy atom. The van der Waals surface area contributed by atoms with Gasteiger partial charge in [0.1, 0.15) is 0 Å². The second-order valence-corrected chi connectivity index (χ2v) is 13.4. The molecule has 35 heavy (non-hydrogen) atoms. The van der Waals surface area contributed by atoms with Crippen LogP contribution >= 0.6 is 0 Å². The standard InChI is InChI=1S/C30H46O5/c1-17(26(34)35)8-10-22(31)18(2)21-16-25(33)30(7)20-9-11-23-27(3,4)24(32)13-14-28(23,5)19(20)12-15-29(21,30)6/h8-9,12,18,21-25,31-33H,10-11,13-16H2,1-7H3,(H,34,35)/b17-8+/t18-,21+,22+,23-,24+,25-,28+,29+,30+/m0/s1. The molecule has 2 saturated carbocycles. The van der Waals surface area contributed by atoms with Gasteiger partial charge in [0, 0.05) is 11.0 Å². The van der Waals surface area contributed by atoms with Crippen LogP contribution in [-0.4, -0.2) is 44.7 Å². The molecule has 4 N–H and O–H groups in total. The highest BCUT2D eigenvalue weighted by molar-refractivity contribution is 5.85. The van der Waals surface area contributed by atoms with Crippen LogP contribution in [0.25, 0.3) is 0 Å². The van der Waals surface area contributed by atoms with E-state index in [1.54, 1.807) is 13.0 Å². The fraction of sp³-hybridized carbons (Fsp3) is 0.767. The molecule has 0 aromatic heterocycles. The Hall–Kier alpha value is -1.43. The summed E-state index contributed by atoms with van der Waals surface area (Å²) in [4.78, 5) is 11.2. The normalized spacial score (nSPS) is 44.3. The number of aliphatic hydroxyl groups is 3. The first-order valence-electron chi connectivity index (χ1n) is 13.5. The zero-order valence-corrected chi connectivity index (χ0v) is 22.6. The highest BCUT2D eigenvalue weighted by atomic mass is 16.4. The third kappa shape index (κ3) is 3.63. The molecule has 9 atom stereocenters. The number of allylic oxidation sites excluding steroid dienone is 3. The summed E-state index contributed by atoms with van der Waals surface area (Å²) in [5, 5.41) is 42.6. The Balaban J connectivity index is 1.68. The number of carbonyl (C=O) groups is 1. The van der Waals surface area contributed by atoms with E-state index in [-0.39, 0.29) is 39.8 Å². The van der Waals surface area contributed by atoms with Crippen LogP contribution in [0.15, 0.2) is 34.9 Å². The minimum atomic E-state index is -0.958. The third-order valence-electron chi connectivity index (χ3n) is 11.6. The zero-order chi connectivity index (χ0) is 26.1. The molecular formula is C30H46O5. The number of hydrogen-bond acceptors (Lipinski definition) is 4. The minimum absolute atomic E-state index is 0.0146. The largest absolute Gasteiger partial charge is 0.478 e. The van der Waals surface area contributed by atoms with Crippen LogP contribution in [0.3, 0.4) is 0 Å². The van der Waals surface area contributed by atoms with Crippen LogP contribution in [0.2, 0.25) is 0 Å². The smallest absolute Gasteiger partial charge is 0.330 e. The number of hydrogen-bond donors (Lipinski definition) is 4. The van der Waals surface area contributed by atoms with Crippen molar-refractivity contribution in [2.75, 3.05) is 0 Å². The van der Waals surface area contributed by atoms with Crippen molar-refractivity contribution in [2.24, 2.45) is 39.4 Å². The van der Waals surface area contributed by atoms with E-state index in [0.29, 0.717) is 18.8 Å².